The number of piperidine rings is 1. The molecule has 3 rings (SSSR count). The number of likely N-dealkylation sites (tertiary alicyclic amines) is 1. The van der Waals surface area contributed by atoms with Crippen molar-refractivity contribution in [1.29, 1.82) is 0 Å². The molecule has 0 aromatic heterocycles. The number of hydrogen-bond donors (Lipinski definition) is 1. The number of nitrogens with zero attached hydrogens (tertiary/aromatic N) is 1. The van der Waals surface area contributed by atoms with Crippen LogP contribution in [0.2, 0.25) is 0 Å². The Morgan fingerprint density at radius 2 is 2.10 bits per heavy atom. The van der Waals surface area contributed by atoms with Crippen molar-refractivity contribution in [1.82, 2.24) is 10.2 Å². The van der Waals surface area contributed by atoms with Crippen molar-refractivity contribution in [2.45, 2.75) is 44.7 Å². The number of hydrogen-bond acceptors (Lipinski definition) is 3. The number of rotatable bonds is 3. The molecule has 2 heterocycles. The van der Waals surface area contributed by atoms with Gasteiger partial charge in [0.2, 0.25) is 0 Å². The van der Waals surface area contributed by atoms with E-state index in [0.717, 1.165) is 23.2 Å². The van der Waals surface area contributed by atoms with Gasteiger partial charge in [-0.15, -0.1) is 0 Å². The van der Waals surface area contributed by atoms with Crippen LogP contribution in [0.4, 0.5) is 0 Å². The molecular weight excluding hydrogens is 328 g/mol. The van der Waals surface area contributed by atoms with Crippen LogP contribution in [0.1, 0.15) is 44.2 Å². The second kappa shape index (κ2) is 7.12. The predicted molar refractivity (Wildman–Crippen MR) is 89.9 cm³/mol. The molecule has 1 N–H and O–H groups in total. The summed E-state index contributed by atoms with van der Waals surface area (Å²) in [7, 11) is 0. The van der Waals surface area contributed by atoms with Crippen LogP contribution in [0, 0.1) is 0 Å². The minimum absolute atomic E-state index is 0.439. The van der Waals surface area contributed by atoms with E-state index in [4.69, 9.17) is 4.74 Å². The third-order valence-corrected chi connectivity index (χ3v) is 5.21. The molecule has 0 radical (unpaired) electrons. The maximum atomic E-state index is 5.90. The van der Waals surface area contributed by atoms with E-state index in [1.807, 2.05) is 0 Å². The number of halogens is 1. The standard InChI is InChI=1S/C17H25BrN2O/c1-2-20-9-7-14(8-10-20)19-16-4-3-11-21-17-12-13(18)5-6-15(16)17/h5-6,12,14,16,19H,2-4,7-11H2,1H3. The molecule has 1 saturated heterocycles. The Kier molecular flexibility index (Phi) is 5.19. The Labute approximate surface area is 136 Å². The van der Waals surface area contributed by atoms with Gasteiger partial charge in [0, 0.05) is 22.1 Å². The van der Waals surface area contributed by atoms with E-state index in [2.05, 4.69) is 51.3 Å². The molecule has 1 aromatic rings. The van der Waals surface area contributed by atoms with Crippen LogP contribution in [0.25, 0.3) is 0 Å². The van der Waals surface area contributed by atoms with Crippen molar-refractivity contribution in [3.05, 3.63) is 28.2 Å². The molecule has 1 fully saturated rings. The van der Waals surface area contributed by atoms with Crippen LogP contribution in [0.15, 0.2) is 22.7 Å². The van der Waals surface area contributed by atoms with Gasteiger partial charge in [0.05, 0.1) is 6.61 Å². The van der Waals surface area contributed by atoms with Gasteiger partial charge in [-0.2, -0.15) is 0 Å². The Balaban J connectivity index is 1.68. The molecule has 0 bridgehead atoms. The average molecular weight is 353 g/mol. The van der Waals surface area contributed by atoms with Crippen molar-refractivity contribution >= 4 is 15.9 Å². The van der Waals surface area contributed by atoms with E-state index in [-0.39, 0.29) is 0 Å². The van der Waals surface area contributed by atoms with Gasteiger partial charge in [0.1, 0.15) is 5.75 Å². The van der Waals surface area contributed by atoms with Gasteiger partial charge in [-0.05, 0) is 57.5 Å². The highest BCUT2D eigenvalue weighted by atomic mass is 79.9. The lowest BCUT2D eigenvalue weighted by Crippen LogP contribution is -2.43. The molecule has 0 saturated carbocycles. The lowest BCUT2D eigenvalue weighted by atomic mass is 9.98. The minimum Gasteiger partial charge on any atom is -0.493 e. The molecule has 1 aromatic carbocycles. The van der Waals surface area contributed by atoms with E-state index in [1.165, 1.54) is 44.5 Å². The second-order valence-corrected chi connectivity index (χ2v) is 7.02. The molecule has 2 aliphatic rings. The molecule has 0 amide bonds. The van der Waals surface area contributed by atoms with Crippen molar-refractivity contribution in [2.75, 3.05) is 26.2 Å². The summed E-state index contributed by atoms with van der Waals surface area (Å²) in [6, 6.07) is 7.53. The zero-order valence-electron chi connectivity index (χ0n) is 12.8. The molecule has 3 nitrogen and oxygen atoms in total. The normalized spacial score (nSPS) is 24.2. The summed E-state index contributed by atoms with van der Waals surface area (Å²) in [6.45, 7) is 6.72. The lowest BCUT2D eigenvalue weighted by molar-refractivity contribution is 0.197. The van der Waals surface area contributed by atoms with Crippen LogP contribution in [0.5, 0.6) is 5.75 Å². The largest absolute Gasteiger partial charge is 0.493 e. The van der Waals surface area contributed by atoms with Crippen molar-refractivity contribution in [3.63, 3.8) is 0 Å². The summed E-state index contributed by atoms with van der Waals surface area (Å²) < 4.78 is 7.00. The summed E-state index contributed by atoms with van der Waals surface area (Å²) in [4.78, 5) is 2.54. The molecule has 1 unspecified atom stereocenters. The summed E-state index contributed by atoms with van der Waals surface area (Å²) in [5.74, 6) is 1.05. The minimum atomic E-state index is 0.439. The monoisotopic (exact) mass is 352 g/mol. The van der Waals surface area contributed by atoms with E-state index in [9.17, 15) is 0 Å². The highest BCUT2D eigenvalue weighted by Gasteiger charge is 2.25. The van der Waals surface area contributed by atoms with E-state index in [0.29, 0.717) is 12.1 Å². The molecular formula is C17H25BrN2O. The van der Waals surface area contributed by atoms with E-state index < -0.39 is 0 Å². The molecule has 2 aliphatic heterocycles. The molecule has 116 valence electrons. The highest BCUT2D eigenvalue weighted by Crippen LogP contribution is 2.34. The van der Waals surface area contributed by atoms with Crippen LogP contribution in [0.3, 0.4) is 0 Å². The fourth-order valence-electron chi connectivity index (χ4n) is 3.42. The first-order chi connectivity index (χ1) is 10.3. The van der Waals surface area contributed by atoms with E-state index in [1.54, 1.807) is 0 Å². The van der Waals surface area contributed by atoms with Gasteiger partial charge in [-0.3, -0.25) is 0 Å². The smallest absolute Gasteiger partial charge is 0.125 e. The highest BCUT2D eigenvalue weighted by molar-refractivity contribution is 9.10. The topological polar surface area (TPSA) is 24.5 Å². The third kappa shape index (κ3) is 3.79. The van der Waals surface area contributed by atoms with Gasteiger partial charge < -0.3 is 15.0 Å². The molecule has 0 spiro atoms. The quantitative estimate of drug-likeness (QED) is 0.896. The Bertz CT molecular complexity index is 472. The first-order valence-electron chi connectivity index (χ1n) is 8.17. The summed E-state index contributed by atoms with van der Waals surface area (Å²) in [6.07, 6.45) is 4.81. The predicted octanol–water partition coefficient (Wildman–Crippen LogP) is 3.74. The van der Waals surface area contributed by atoms with Crippen molar-refractivity contribution < 1.29 is 4.74 Å². The first-order valence-corrected chi connectivity index (χ1v) is 8.96. The molecule has 21 heavy (non-hydrogen) atoms. The lowest BCUT2D eigenvalue weighted by Gasteiger charge is -2.34. The number of nitrogens with one attached hydrogen (secondary N) is 1. The van der Waals surface area contributed by atoms with Gasteiger partial charge in [0.15, 0.2) is 0 Å². The van der Waals surface area contributed by atoms with Crippen molar-refractivity contribution in [3.8, 4) is 5.75 Å². The zero-order chi connectivity index (χ0) is 14.7. The maximum Gasteiger partial charge on any atom is 0.125 e. The first kappa shape index (κ1) is 15.3. The third-order valence-electron chi connectivity index (χ3n) is 4.72. The van der Waals surface area contributed by atoms with Crippen molar-refractivity contribution in [2.24, 2.45) is 0 Å². The van der Waals surface area contributed by atoms with Crippen LogP contribution < -0.4 is 10.1 Å². The Morgan fingerprint density at radius 1 is 1.29 bits per heavy atom. The number of benzene rings is 1. The zero-order valence-corrected chi connectivity index (χ0v) is 14.4. The Morgan fingerprint density at radius 3 is 2.86 bits per heavy atom. The second-order valence-electron chi connectivity index (χ2n) is 6.10. The van der Waals surface area contributed by atoms with Gasteiger partial charge >= 0.3 is 0 Å². The SMILES string of the molecule is CCN1CCC(NC2CCCOc3cc(Br)ccc32)CC1. The number of ether oxygens (including phenoxy) is 1. The summed E-state index contributed by atoms with van der Waals surface area (Å²) >= 11 is 3.54. The molecule has 4 heteroatoms. The van der Waals surface area contributed by atoms with Gasteiger partial charge in [0.25, 0.3) is 0 Å². The van der Waals surface area contributed by atoms with Crippen LogP contribution in [-0.2, 0) is 0 Å². The van der Waals surface area contributed by atoms with Crippen LogP contribution >= 0.6 is 15.9 Å². The Hall–Kier alpha value is -0.580. The molecule has 0 aliphatic carbocycles. The fourth-order valence-corrected chi connectivity index (χ4v) is 3.76. The summed E-state index contributed by atoms with van der Waals surface area (Å²) in [5.41, 5.74) is 1.33. The fraction of sp³-hybridized carbons (Fsp3) is 0.647. The average Bonchev–Trinajstić information content (AvgIpc) is 2.70. The van der Waals surface area contributed by atoms with Crippen LogP contribution in [-0.4, -0.2) is 37.2 Å². The summed E-state index contributed by atoms with van der Waals surface area (Å²) in [5, 5.41) is 3.90. The van der Waals surface area contributed by atoms with E-state index >= 15 is 0 Å². The molecule has 1 atom stereocenters. The van der Waals surface area contributed by atoms with Gasteiger partial charge in [-0.25, -0.2) is 0 Å². The van der Waals surface area contributed by atoms with Gasteiger partial charge in [-0.1, -0.05) is 28.9 Å². The maximum absolute atomic E-state index is 5.90. The number of fused-ring (bicyclic) bond motifs is 1.